The van der Waals surface area contributed by atoms with Crippen LogP contribution < -0.4 is 14.8 Å². The molecule has 0 saturated carbocycles. The van der Waals surface area contributed by atoms with Crippen molar-refractivity contribution in [2.75, 3.05) is 12.1 Å². The molecule has 0 spiro atoms. The van der Waals surface area contributed by atoms with Crippen LogP contribution in [0.15, 0.2) is 58.5 Å². The highest BCUT2D eigenvalue weighted by Gasteiger charge is 2.15. The van der Waals surface area contributed by atoms with Crippen LogP contribution in [0.1, 0.15) is 5.01 Å². The fraction of sp³-hybridized carbons (Fsp3) is 0.0526. The van der Waals surface area contributed by atoms with Crippen molar-refractivity contribution < 1.29 is 9.47 Å². The number of benzene rings is 2. The molecule has 1 N–H and O–H groups in total. The van der Waals surface area contributed by atoms with Crippen LogP contribution in [0.3, 0.4) is 0 Å². The Labute approximate surface area is 162 Å². The minimum absolute atomic E-state index is 0.240. The number of rotatable bonds is 4. The molecule has 1 aromatic heterocycles. The Morgan fingerprint density at radius 3 is 2.96 bits per heavy atom. The zero-order chi connectivity index (χ0) is 17.9. The van der Waals surface area contributed by atoms with Gasteiger partial charge in [-0.2, -0.15) is 5.26 Å². The SMILES string of the molecule is N#CC(=CNc1cccc(Br)c1)c1nc(-c2ccc3c(c2)OCO3)cs1. The molecule has 1 aliphatic heterocycles. The van der Waals surface area contributed by atoms with Crippen molar-refractivity contribution in [3.63, 3.8) is 0 Å². The molecule has 0 bridgehead atoms. The lowest BCUT2D eigenvalue weighted by Crippen LogP contribution is -1.92. The molecule has 0 amide bonds. The Balaban J connectivity index is 1.57. The van der Waals surface area contributed by atoms with Crippen molar-refractivity contribution in [2.45, 2.75) is 0 Å². The van der Waals surface area contributed by atoms with E-state index >= 15 is 0 Å². The zero-order valence-corrected chi connectivity index (χ0v) is 15.8. The van der Waals surface area contributed by atoms with Crippen LogP contribution in [0.4, 0.5) is 5.69 Å². The van der Waals surface area contributed by atoms with E-state index in [2.05, 4.69) is 32.3 Å². The van der Waals surface area contributed by atoms with Gasteiger partial charge in [0, 0.05) is 27.3 Å². The van der Waals surface area contributed by atoms with E-state index in [0.717, 1.165) is 27.2 Å². The van der Waals surface area contributed by atoms with Gasteiger partial charge in [-0.15, -0.1) is 11.3 Å². The minimum Gasteiger partial charge on any atom is -0.454 e. The largest absolute Gasteiger partial charge is 0.454 e. The molecule has 4 rings (SSSR count). The summed E-state index contributed by atoms with van der Waals surface area (Å²) in [5, 5.41) is 15.2. The van der Waals surface area contributed by atoms with Crippen molar-refractivity contribution in [2.24, 2.45) is 0 Å². The van der Waals surface area contributed by atoms with E-state index in [1.807, 2.05) is 47.8 Å². The molecule has 5 nitrogen and oxygen atoms in total. The Kier molecular flexibility index (Phi) is 4.61. The molecule has 26 heavy (non-hydrogen) atoms. The Morgan fingerprint density at radius 1 is 1.23 bits per heavy atom. The van der Waals surface area contributed by atoms with Gasteiger partial charge in [0.1, 0.15) is 16.6 Å². The van der Waals surface area contributed by atoms with Crippen LogP contribution in [0, 0.1) is 11.3 Å². The number of nitrogens with zero attached hydrogens (tertiary/aromatic N) is 2. The number of halogens is 1. The lowest BCUT2D eigenvalue weighted by molar-refractivity contribution is 0.174. The number of hydrogen-bond acceptors (Lipinski definition) is 6. The third kappa shape index (κ3) is 3.43. The van der Waals surface area contributed by atoms with E-state index in [1.54, 1.807) is 6.20 Å². The van der Waals surface area contributed by atoms with Gasteiger partial charge in [0.25, 0.3) is 0 Å². The van der Waals surface area contributed by atoms with Crippen molar-refractivity contribution in [1.29, 1.82) is 5.26 Å². The first-order valence-electron chi connectivity index (χ1n) is 7.71. The monoisotopic (exact) mass is 425 g/mol. The number of aromatic nitrogens is 1. The molecule has 2 heterocycles. The number of thiazole rings is 1. The summed E-state index contributed by atoms with van der Waals surface area (Å²) >= 11 is 4.85. The smallest absolute Gasteiger partial charge is 0.231 e. The van der Waals surface area contributed by atoms with Gasteiger partial charge < -0.3 is 14.8 Å². The summed E-state index contributed by atoms with van der Waals surface area (Å²) in [5.41, 5.74) is 3.09. The van der Waals surface area contributed by atoms with Crippen LogP contribution in [-0.2, 0) is 0 Å². The van der Waals surface area contributed by atoms with Crippen LogP contribution in [0.5, 0.6) is 11.5 Å². The number of ether oxygens (including phenoxy) is 2. The predicted octanol–water partition coefficient (Wildman–Crippen LogP) is 5.28. The first kappa shape index (κ1) is 16.6. The van der Waals surface area contributed by atoms with Crippen LogP contribution in [-0.4, -0.2) is 11.8 Å². The zero-order valence-electron chi connectivity index (χ0n) is 13.4. The lowest BCUT2D eigenvalue weighted by atomic mass is 10.1. The summed E-state index contributed by atoms with van der Waals surface area (Å²) in [7, 11) is 0. The molecule has 0 unspecified atom stereocenters. The van der Waals surface area contributed by atoms with E-state index in [0.29, 0.717) is 16.3 Å². The average Bonchev–Trinajstić information content (AvgIpc) is 3.31. The van der Waals surface area contributed by atoms with Gasteiger partial charge in [-0.1, -0.05) is 22.0 Å². The van der Waals surface area contributed by atoms with E-state index in [1.165, 1.54) is 11.3 Å². The molecule has 0 fully saturated rings. The number of anilines is 1. The summed E-state index contributed by atoms with van der Waals surface area (Å²) in [4.78, 5) is 4.59. The first-order chi connectivity index (χ1) is 12.7. The topological polar surface area (TPSA) is 67.2 Å². The summed E-state index contributed by atoms with van der Waals surface area (Å²) < 4.78 is 11.7. The molecule has 128 valence electrons. The molecule has 7 heteroatoms. The second-order valence-electron chi connectivity index (χ2n) is 5.43. The van der Waals surface area contributed by atoms with Crippen molar-refractivity contribution in [3.8, 4) is 28.8 Å². The first-order valence-corrected chi connectivity index (χ1v) is 9.38. The highest BCUT2D eigenvalue weighted by Crippen LogP contribution is 2.36. The molecule has 0 saturated heterocycles. The highest BCUT2D eigenvalue weighted by molar-refractivity contribution is 9.10. The average molecular weight is 426 g/mol. The predicted molar refractivity (Wildman–Crippen MR) is 105 cm³/mol. The second-order valence-corrected chi connectivity index (χ2v) is 7.20. The number of nitrogens with one attached hydrogen (secondary N) is 1. The molecular formula is C19H12BrN3O2S. The quantitative estimate of drug-likeness (QED) is 0.576. The summed E-state index contributed by atoms with van der Waals surface area (Å²) in [6, 6.07) is 15.6. The fourth-order valence-corrected chi connectivity index (χ4v) is 3.66. The van der Waals surface area contributed by atoms with Crippen molar-refractivity contribution >= 4 is 38.5 Å². The van der Waals surface area contributed by atoms with Gasteiger partial charge in [0.05, 0.1) is 5.69 Å². The molecular weight excluding hydrogens is 414 g/mol. The van der Waals surface area contributed by atoms with Crippen molar-refractivity contribution in [3.05, 3.63) is 63.5 Å². The number of fused-ring (bicyclic) bond motifs is 1. The lowest BCUT2D eigenvalue weighted by Gasteiger charge is -2.02. The summed E-state index contributed by atoms with van der Waals surface area (Å²) in [6.45, 7) is 0.240. The van der Waals surface area contributed by atoms with Crippen molar-refractivity contribution in [1.82, 2.24) is 4.98 Å². The van der Waals surface area contributed by atoms with E-state index in [9.17, 15) is 5.26 Å². The third-order valence-corrected chi connectivity index (χ3v) is 5.10. The van der Waals surface area contributed by atoms with Gasteiger partial charge in [0.15, 0.2) is 11.5 Å². The van der Waals surface area contributed by atoms with Crippen LogP contribution in [0.2, 0.25) is 0 Å². The minimum atomic E-state index is 0.240. The molecule has 0 aliphatic carbocycles. The number of nitriles is 1. The fourth-order valence-electron chi connectivity index (χ4n) is 2.46. The molecule has 3 aromatic rings. The van der Waals surface area contributed by atoms with E-state index < -0.39 is 0 Å². The summed E-state index contributed by atoms with van der Waals surface area (Å²) in [5.74, 6) is 1.45. The van der Waals surface area contributed by atoms with E-state index in [-0.39, 0.29) is 6.79 Å². The number of hydrogen-bond donors (Lipinski definition) is 1. The molecule has 2 aromatic carbocycles. The molecule has 0 atom stereocenters. The maximum atomic E-state index is 9.48. The normalized spacial score (nSPS) is 12.7. The van der Waals surface area contributed by atoms with Gasteiger partial charge in [-0.3, -0.25) is 0 Å². The standard InChI is InChI=1S/C19H12BrN3O2S/c20-14-2-1-3-15(7-14)22-9-13(8-21)19-23-16(10-26-19)12-4-5-17-18(6-12)25-11-24-17/h1-7,9-10,22H,11H2. The third-order valence-electron chi connectivity index (χ3n) is 3.73. The summed E-state index contributed by atoms with van der Waals surface area (Å²) in [6.07, 6.45) is 1.67. The maximum Gasteiger partial charge on any atom is 0.231 e. The maximum absolute atomic E-state index is 9.48. The number of allylic oxidation sites excluding steroid dienone is 1. The van der Waals surface area contributed by atoms with Crippen LogP contribution >= 0.6 is 27.3 Å². The molecule has 1 aliphatic rings. The van der Waals surface area contributed by atoms with Gasteiger partial charge in [-0.05, 0) is 36.4 Å². The van der Waals surface area contributed by atoms with Crippen LogP contribution in [0.25, 0.3) is 16.8 Å². The Hall–Kier alpha value is -2.82. The Morgan fingerprint density at radius 2 is 2.12 bits per heavy atom. The van der Waals surface area contributed by atoms with Gasteiger partial charge in [0.2, 0.25) is 6.79 Å². The highest BCUT2D eigenvalue weighted by atomic mass is 79.9. The van der Waals surface area contributed by atoms with Gasteiger partial charge >= 0.3 is 0 Å². The molecule has 0 radical (unpaired) electrons. The van der Waals surface area contributed by atoms with E-state index in [4.69, 9.17) is 9.47 Å². The second kappa shape index (κ2) is 7.20. The Bertz CT molecular complexity index is 1040. The van der Waals surface area contributed by atoms with Gasteiger partial charge in [-0.25, -0.2) is 4.98 Å².